The van der Waals surface area contributed by atoms with Crippen molar-refractivity contribution < 1.29 is 4.74 Å². The first kappa shape index (κ1) is 14.3. The maximum Gasteiger partial charge on any atom is 0.232 e. The van der Waals surface area contributed by atoms with E-state index in [2.05, 4.69) is 21.9 Å². The lowest BCUT2D eigenvalue weighted by atomic mass is 10.3. The van der Waals surface area contributed by atoms with Crippen molar-refractivity contribution in [3.63, 3.8) is 0 Å². The predicted octanol–water partition coefficient (Wildman–Crippen LogP) is 1.72. The van der Waals surface area contributed by atoms with Crippen LogP contribution in [0.2, 0.25) is 5.02 Å². The fourth-order valence-electron chi connectivity index (χ4n) is 1.18. The van der Waals surface area contributed by atoms with E-state index >= 15 is 0 Å². The summed E-state index contributed by atoms with van der Waals surface area (Å²) < 4.78 is 4.96. The molecule has 0 amide bonds. The van der Waals surface area contributed by atoms with Crippen LogP contribution in [0.15, 0.2) is 29.4 Å². The third-order valence-corrected chi connectivity index (χ3v) is 2.33. The molecule has 0 bridgehead atoms. The molecule has 0 saturated carbocycles. The molecule has 0 aliphatic heterocycles. The van der Waals surface area contributed by atoms with E-state index in [4.69, 9.17) is 22.1 Å². The zero-order valence-corrected chi connectivity index (χ0v) is 11.3. The van der Waals surface area contributed by atoms with Crippen molar-refractivity contribution in [2.45, 2.75) is 13.5 Å². The topological polar surface area (TPSA) is 72.5 Å². The fourth-order valence-corrected chi connectivity index (χ4v) is 1.44. The number of rotatable bonds is 5. The molecule has 3 N–H and O–H groups in total. The first-order valence-electron chi connectivity index (χ1n) is 5.39. The van der Waals surface area contributed by atoms with Gasteiger partial charge in [-0.05, 0) is 18.6 Å². The SMILES string of the molecule is C=C(C)CNC(N)=NCc1cnc(OC)c(Cl)c1. The van der Waals surface area contributed by atoms with Crippen LogP contribution < -0.4 is 15.8 Å². The van der Waals surface area contributed by atoms with Gasteiger partial charge in [0.1, 0.15) is 5.02 Å². The van der Waals surface area contributed by atoms with E-state index in [1.165, 1.54) is 7.11 Å². The Bertz CT molecular complexity index is 459. The Balaban J connectivity index is 2.59. The molecule has 6 heteroatoms. The third kappa shape index (κ3) is 4.63. The second kappa shape index (κ2) is 6.86. The number of hydrogen-bond acceptors (Lipinski definition) is 3. The number of ether oxygens (including phenoxy) is 1. The lowest BCUT2D eigenvalue weighted by molar-refractivity contribution is 0.398. The molecule has 0 atom stereocenters. The molecular formula is C12H17ClN4O. The third-order valence-electron chi connectivity index (χ3n) is 2.06. The number of guanidine groups is 1. The van der Waals surface area contributed by atoms with Crippen LogP contribution in [0.4, 0.5) is 0 Å². The smallest absolute Gasteiger partial charge is 0.232 e. The van der Waals surface area contributed by atoms with E-state index in [-0.39, 0.29) is 0 Å². The van der Waals surface area contributed by atoms with Crippen LogP contribution >= 0.6 is 11.6 Å². The van der Waals surface area contributed by atoms with E-state index < -0.39 is 0 Å². The number of nitrogens with one attached hydrogen (secondary N) is 1. The molecule has 0 radical (unpaired) electrons. The Labute approximate surface area is 112 Å². The summed E-state index contributed by atoms with van der Waals surface area (Å²) in [7, 11) is 1.52. The quantitative estimate of drug-likeness (QED) is 0.485. The van der Waals surface area contributed by atoms with Crippen molar-refractivity contribution in [3.8, 4) is 5.88 Å². The highest BCUT2D eigenvalue weighted by molar-refractivity contribution is 6.31. The van der Waals surface area contributed by atoms with Gasteiger partial charge in [0, 0.05) is 12.7 Å². The Morgan fingerprint density at radius 2 is 2.39 bits per heavy atom. The summed E-state index contributed by atoms with van der Waals surface area (Å²) in [6, 6.07) is 1.75. The Hall–Kier alpha value is -1.75. The van der Waals surface area contributed by atoms with Gasteiger partial charge in [-0.2, -0.15) is 0 Å². The van der Waals surface area contributed by atoms with Crippen molar-refractivity contribution in [1.82, 2.24) is 10.3 Å². The van der Waals surface area contributed by atoms with E-state index in [1.54, 1.807) is 12.3 Å². The van der Waals surface area contributed by atoms with Crippen LogP contribution in [-0.2, 0) is 6.54 Å². The first-order chi connectivity index (χ1) is 8.52. The van der Waals surface area contributed by atoms with Gasteiger partial charge in [-0.1, -0.05) is 23.8 Å². The fraction of sp³-hybridized carbons (Fsp3) is 0.333. The van der Waals surface area contributed by atoms with Crippen molar-refractivity contribution in [1.29, 1.82) is 0 Å². The second-order valence-corrected chi connectivity index (χ2v) is 4.25. The molecule has 18 heavy (non-hydrogen) atoms. The number of pyridine rings is 1. The number of aromatic nitrogens is 1. The van der Waals surface area contributed by atoms with Crippen LogP contribution in [0, 0.1) is 0 Å². The molecule has 0 aromatic carbocycles. The highest BCUT2D eigenvalue weighted by atomic mass is 35.5. The number of methoxy groups -OCH3 is 1. The molecule has 0 spiro atoms. The van der Waals surface area contributed by atoms with E-state index in [1.807, 2.05) is 6.92 Å². The summed E-state index contributed by atoms with van der Waals surface area (Å²) >= 11 is 5.95. The minimum absolute atomic E-state index is 0.366. The molecule has 0 fully saturated rings. The van der Waals surface area contributed by atoms with Gasteiger partial charge in [0.25, 0.3) is 0 Å². The molecule has 0 aliphatic rings. The van der Waals surface area contributed by atoms with Crippen molar-refractivity contribution in [2.24, 2.45) is 10.7 Å². The average molecular weight is 269 g/mol. The first-order valence-corrected chi connectivity index (χ1v) is 5.77. The Morgan fingerprint density at radius 1 is 1.67 bits per heavy atom. The lowest BCUT2D eigenvalue weighted by Crippen LogP contribution is -2.32. The number of aliphatic imine (C=N–C) groups is 1. The largest absolute Gasteiger partial charge is 0.480 e. The zero-order chi connectivity index (χ0) is 13.5. The van der Waals surface area contributed by atoms with Gasteiger partial charge in [0.05, 0.1) is 13.7 Å². The maximum atomic E-state index is 5.95. The number of nitrogens with zero attached hydrogens (tertiary/aromatic N) is 2. The summed E-state index contributed by atoms with van der Waals surface area (Å²) in [6.45, 7) is 6.69. The van der Waals surface area contributed by atoms with Gasteiger partial charge < -0.3 is 15.8 Å². The lowest BCUT2D eigenvalue weighted by Gasteiger charge is -2.06. The van der Waals surface area contributed by atoms with Crippen LogP contribution in [0.3, 0.4) is 0 Å². The number of nitrogens with two attached hydrogens (primary N) is 1. The van der Waals surface area contributed by atoms with E-state index in [0.29, 0.717) is 30.0 Å². The normalized spacial score (nSPS) is 11.2. The van der Waals surface area contributed by atoms with Crippen LogP contribution in [0.1, 0.15) is 12.5 Å². The molecule has 98 valence electrons. The molecule has 0 unspecified atom stereocenters. The highest BCUT2D eigenvalue weighted by Crippen LogP contribution is 2.21. The number of hydrogen-bond donors (Lipinski definition) is 2. The summed E-state index contributed by atoms with van der Waals surface area (Å²) in [6.07, 6.45) is 1.65. The van der Waals surface area contributed by atoms with E-state index in [9.17, 15) is 0 Å². The Morgan fingerprint density at radius 3 is 2.94 bits per heavy atom. The molecule has 1 heterocycles. The molecule has 1 rings (SSSR count). The second-order valence-electron chi connectivity index (χ2n) is 3.85. The summed E-state index contributed by atoms with van der Waals surface area (Å²) in [5, 5.41) is 3.40. The average Bonchev–Trinajstić information content (AvgIpc) is 2.34. The highest BCUT2D eigenvalue weighted by Gasteiger charge is 2.03. The molecule has 0 saturated heterocycles. The minimum Gasteiger partial charge on any atom is -0.480 e. The standard InChI is InChI=1S/C12H17ClN4O/c1-8(2)5-16-12(14)17-7-9-4-10(13)11(18-3)15-6-9/h4,6H,1,5,7H2,2-3H3,(H3,14,16,17). The van der Waals surface area contributed by atoms with Crippen molar-refractivity contribution >= 4 is 17.6 Å². The molecule has 5 nitrogen and oxygen atoms in total. The predicted molar refractivity (Wildman–Crippen MR) is 73.9 cm³/mol. The minimum atomic E-state index is 0.366. The molecule has 0 aliphatic carbocycles. The van der Waals surface area contributed by atoms with Gasteiger partial charge in [-0.15, -0.1) is 0 Å². The van der Waals surface area contributed by atoms with Crippen LogP contribution in [0.5, 0.6) is 5.88 Å². The molecule has 1 aromatic heterocycles. The van der Waals surface area contributed by atoms with Crippen LogP contribution in [0.25, 0.3) is 0 Å². The summed E-state index contributed by atoms with van der Waals surface area (Å²) in [5.74, 6) is 0.766. The van der Waals surface area contributed by atoms with Gasteiger partial charge in [-0.25, -0.2) is 9.98 Å². The summed E-state index contributed by atoms with van der Waals surface area (Å²) in [5.41, 5.74) is 7.53. The maximum absolute atomic E-state index is 5.95. The van der Waals surface area contributed by atoms with Crippen molar-refractivity contribution in [3.05, 3.63) is 35.0 Å². The van der Waals surface area contributed by atoms with Gasteiger partial charge in [0.2, 0.25) is 5.88 Å². The van der Waals surface area contributed by atoms with E-state index in [0.717, 1.165) is 11.1 Å². The molecule has 1 aromatic rings. The zero-order valence-electron chi connectivity index (χ0n) is 10.5. The van der Waals surface area contributed by atoms with Gasteiger partial charge in [0.15, 0.2) is 5.96 Å². The van der Waals surface area contributed by atoms with Crippen LogP contribution in [-0.4, -0.2) is 24.6 Å². The summed E-state index contributed by atoms with van der Waals surface area (Å²) in [4.78, 5) is 8.22. The van der Waals surface area contributed by atoms with Crippen molar-refractivity contribution in [2.75, 3.05) is 13.7 Å². The van der Waals surface area contributed by atoms with Gasteiger partial charge in [-0.3, -0.25) is 0 Å². The monoisotopic (exact) mass is 268 g/mol. The molecular weight excluding hydrogens is 252 g/mol. The number of halogens is 1. The van der Waals surface area contributed by atoms with Gasteiger partial charge >= 0.3 is 0 Å². The Kier molecular flexibility index (Phi) is 5.45.